The van der Waals surface area contributed by atoms with Gasteiger partial charge in [-0.15, -0.1) is 0 Å². The number of fused-ring (bicyclic) bond motifs is 2. The third kappa shape index (κ3) is 3.01. The maximum absolute atomic E-state index is 12.9. The molecule has 0 saturated heterocycles. The Morgan fingerprint density at radius 1 is 1.00 bits per heavy atom. The summed E-state index contributed by atoms with van der Waals surface area (Å²) in [6, 6.07) is 18.0. The Morgan fingerprint density at radius 2 is 1.64 bits per heavy atom. The minimum atomic E-state index is -0.990. The quantitative estimate of drug-likeness (QED) is 0.399. The summed E-state index contributed by atoms with van der Waals surface area (Å²) in [6.45, 7) is 3.36. The van der Waals surface area contributed by atoms with Gasteiger partial charge < -0.3 is 14.8 Å². The Bertz CT molecular complexity index is 1220. The van der Waals surface area contributed by atoms with Gasteiger partial charge in [0.1, 0.15) is 11.3 Å². The van der Waals surface area contributed by atoms with E-state index in [2.05, 4.69) is 4.98 Å². The van der Waals surface area contributed by atoms with E-state index in [1.54, 1.807) is 13.0 Å². The van der Waals surface area contributed by atoms with Crippen molar-refractivity contribution in [3.8, 4) is 5.75 Å². The summed E-state index contributed by atoms with van der Waals surface area (Å²) < 4.78 is 5.39. The molecule has 0 amide bonds. The van der Waals surface area contributed by atoms with Gasteiger partial charge in [-0.1, -0.05) is 42.5 Å². The average Bonchev–Trinajstić information content (AvgIpc) is 3.02. The highest BCUT2D eigenvalue weighted by molar-refractivity contribution is 6.12. The summed E-state index contributed by atoms with van der Waals surface area (Å²) in [5, 5.41) is 12.6. The number of aromatic amines is 1. The van der Waals surface area contributed by atoms with Gasteiger partial charge in [-0.2, -0.15) is 0 Å². The number of phenols is 1. The summed E-state index contributed by atoms with van der Waals surface area (Å²) >= 11 is 0. The highest BCUT2D eigenvalue weighted by Crippen LogP contribution is 2.27. The standard InChI is InChI=1S/C23H19NO4/c1-13-21(17-9-5-6-10-19(17)24-13)22(26)14(2)28-23(27)18-11-15-7-3-4-8-16(15)12-20(18)25/h3-12,14,24-25H,1-2H3/t14-/m0/s1. The van der Waals surface area contributed by atoms with Crippen LogP contribution in [0.3, 0.4) is 0 Å². The zero-order valence-electron chi connectivity index (χ0n) is 15.5. The Kier molecular flexibility index (Phi) is 4.35. The van der Waals surface area contributed by atoms with E-state index in [1.165, 1.54) is 6.07 Å². The number of hydrogen-bond acceptors (Lipinski definition) is 4. The zero-order valence-corrected chi connectivity index (χ0v) is 15.5. The average molecular weight is 373 g/mol. The van der Waals surface area contributed by atoms with E-state index in [1.807, 2.05) is 55.5 Å². The van der Waals surface area contributed by atoms with E-state index in [-0.39, 0.29) is 17.1 Å². The van der Waals surface area contributed by atoms with Crippen molar-refractivity contribution < 1.29 is 19.4 Å². The lowest BCUT2D eigenvalue weighted by atomic mass is 10.0. The Morgan fingerprint density at radius 3 is 2.39 bits per heavy atom. The second kappa shape index (κ2) is 6.85. The fourth-order valence-electron chi connectivity index (χ4n) is 3.47. The number of para-hydroxylation sites is 1. The lowest BCUT2D eigenvalue weighted by Crippen LogP contribution is -2.25. The number of benzene rings is 3. The molecule has 1 aromatic heterocycles. The van der Waals surface area contributed by atoms with E-state index >= 15 is 0 Å². The van der Waals surface area contributed by atoms with Crippen LogP contribution in [-0.2, 0) is 4.74 Å². The molecular formula is C23H19NO4. The summed E-state index contributed by atoms with van der Waals surface area (Å²) in [5.41, 5.74) is 2.13. The van der Waals surface area contributed by atoms with Gasteiger partial charge in [-0.25, -0.2) is 4.79 Å². The fraction of sp³-hybridized carbons (Fsp3) is 0.130. The van der Waals surface area contributed by atoms with Crippen LogP contribution in [0.25, 0.3) is 21.7 Å². The number of aryl methyl sites for hydroxylation is 1. The van der Waals surface area contributed by atoms with Gasteiger partial charge >= 0.3 is 5.97 Å². The maximum atomic E-state index is 12.9. The first-order valence-electron chi connectivity index (χ1n) is 9.00. The van der Waals surface area contributed by atoms with Crippen LogP contribution in [0.2, 0.25) is 0 Å². The molecule has 0 radical (unpaired) electrons. The SMILES string of the molecule is Cc1[nH]c2ccccc2c1C(=O)[C@H](C)OC(=O)c1cc2ccccc2cc1O. The summed E-state index contributed by atoms with van der Waals surface area (Å²) in [6.07, 6.45) is -0.990. The number of nitrogens with one attached hydrogen (secondary N) is 1. The largest absolute Gasteiger partial charge is 0.507 e. The van der Waals surface area contributed by atoms with E-state index in [0.717, 1.165) is 27.4 Å². The fourth-order valence-corrected chi connectivity index (χ4v) is 3.47. The van der Waals surface area contributed by atoms with Gasteiger partial charge in [0.25, 0.3) is 0 Å². The van der Waals surface area contributed by atoms with Gasteiger partial charge in [0.05, 0.1) is 0 Å². The topological polar surface area (TPSA) is 79.4 Å². The number of esters is 1. The molecule has 1 atom stereocenters. The van der Waals surface area contributed by atoms with Gasteiger partial charge in [0.15, 0.2) is 6.10 Å². The number of rotatable bonds is 4. The smallest absolute Gasteiger partial charge is 0.342 e. The molecule has 0 aliphatic heterocycles. The molecule has 0 saturated carbocycles. The highest BCUT2D eigenvalue weighted by atomic mass is 16.5. The second-order valence-corrected chi connectivity index (χ2v) is 6.80. The van der Waals surface area contributed by atoms with E-state index in [0.29, 0.717) is 5.56 Å². The minimum absolute atomic E-state index is 0.0361. The monoisotopic (exact) mass is 373 g/mol. The molecule has 1 heterocycles. The van der Waals surface area contributed by atoms with Crippen LogP contribution >= 0.6 is 0 Å². The predicted molar refractivity (Wildman–Crippen MR) is 108 cm³/mol. The molecule has 5 heteroatoms. The van der Waals surface area contributed by atoms with Crippen molar-refractivity contribution >= 4 is 33.4 Å². The molecule has 3 aromatic carbocycles. The number of H-pyrrole nitrogens is 1. The number of phenolic OH excluding ortho intramolecular Hbond substituents is 1. The number of aromatic nitrogens is 1. The molecule has 2 N–H and O–H groups in total. The van der Waals surface area contributed by atoms with Crippen molar-refractivity contribution in [2.45, 2.75) is 20.0 Å². The molecule has 0 spiro atoms. The van der Waals surface area contributed by atoms with Crippen LogP contribution in [0.15, 0.2) is 60.7 Å². The van der Waals surface area contributed by atoms with E-state index in [9.17, 15) is 14.7 Å². The minimum Gasteiger partial charge on any atom is -0.507 e. The number of carbonyl (C=O) groups is 2. The first-order valence-corrected chi connectivity index (χ1v) is 9.00. The molecule has 0 aliphatic rings. The number of ether oxygens (including phenoxy) is 1. The molecule has 0 fully saturated rings. The van der Waals surface area contributed by atoms with Crippen LogP contribution in [0.1, 0.15) is 33.3 Å². The van der Waals surface area contributed by atoms with Crippen molar-refractivity contribution in [3.63, 3.8) is 0 Å². The van der Waals surface area contributed by atoms with Crippen molar-refractivity contribution in [1.29, 1.82) is 0 Å². The zero-order chi connectivity index (χ0) is 19.8. The van der Waals surface area contributed by atoms with Crippen LogP contribution in [0.5, 0.6) is 5.75 Å². The maximum Gasteiger partial charge on any atom is 0.342 e. The molecule has 4 aromatic rings. The second-order valence-electron chi connectivity index (χ2n) is 6.80. The van der Waals surface area contributed by atoms with Crippen molar-refractivity contribution in [2.24, 2.45) is 0 Å². The van der Waals surface area contributed by atoms with Gasteiger partial charge in [0.2, 0.25) is 5.78 Å². The molecule has 140 valence electrons. The predicted octanol–water partition coefficient (Wildman–Crippen LogP) is 4.76. The molecule has 28 heavy (non-hydrogen) atoms. The number of carbonyl (C=O) groups excluding carboxylic acids is 2. The third-order valence-corrected chi connectivity index (χ3v) is 4.88. The Labute approximate surface area is 161 Å². The molecule has 4 rings (SSSR count). The molecule has 0 aliphatic carbocycles. The highest BCUT2D eigenvalue weighted by Gasteiger charge is 2.26. The number of Topliss-reactive ketones (excluding diaryl/α,β-unsaturated/α-hetero) is 1. The van der Waals surface area contributed by atoms with Crippen molar-refractivity contribution in [2.75, 3.05) is 0 Å². The summed E-state index contributed by atoms with van der Waals surface area (Å²) in [7, 11) is 0. The molecule has 0 unspecified atom stereocenters. The molecular weight excluding hydrogens is 354 g/mol. The van der Waals surface area contributed by atoms with Crippen LogP contribution in [-0.4, -0.2) is 27.9 Å². The first-order chi connectivity index (χ1) is 13.5. The van der Waals surface area contributed by atoms with Gasteiger partial charge in [-0.3, -0.25) is 4.79 Å². The van der Waals surface area contributed by atoms with Crippen LogP contribution in [0.4, 0.5) is 0 Å². The lowest BCUT2D eigenvalue weighted by molar-refractivity contribution is 0.0316. The van der Waals surface area contributed by atoms with E-state index in [4.69, 9.17) is 4.74 Å². The Balaban J connectivity index is 1.62. The first kappa shape index (κ1) is 17.8. The van der Waals surface area contributed by atoms with Crippen molar-refractivity contribution in [3.05, 3.63) is 77.5 Å². The van der Waals surface area contributed by atoms with Crippen LogP contribution < -0.4 is 0 Å². The number of aromatic hydroxyl groups is 1. The van der Waals surface area contributed by atoms with Gasteiger partial charge in [0, 0.05) is 22.2 Å². The third-order valence-electron chi connectivity index (χ3n) is 4.88. The van der Waals surface area contributed by atoms with E-state index < -0.39 is 12.1 Å². The lowest BCUT2D eigenvalue weighted by Gasteiger charge is -2.14. The molecule has 5 nitrogen and oxygen atoms in total. The Hall–Kier alpha value is -3.60. The summed E-state index contributed by atoms with van der Waals surface area (Å²) in [5.74, 6) is -1.20. The number of ketones is 1. The molecule has 0 bridgehead atoms. The van der Waals surface area contributed by atoms with Gasteiger partial charge in [-0.05, 0) is 42.8 Å². The number of hydrogen-bond donors (Lipinski definition) is 2. The van der Waals surface area contributed by atoms with Crippen molar-refractivity contribution in [1.82, 2.24) is 4.98 Å². The normalized spacial score (nSPS) is 12.2. The van der Waals surface area contributed by atoms with Crippen LogP contribution in [0, 0.1) is 6.92 Å². The summed E-state index contributed by atoms with van der Waals surface area (Å²) in [4.78, 5) is 28.7.